The second-order valence-electron chi connectivity index (χ2n) is 11.4. The molecule has 3 saturated carbocycles. The van der Waals surface area contributed by atoms with E-state index in [9.17, 15) is 4.39 Å². The number of rotatable bonds is 9. The van der Waals surface area contributed by atoms with Gasteiger partial charge in [-0.25, -0.2) is 4.39 Å². The van der Waals surface area contributed by atoms with Crippen molar-refractivity contribution in [3.63, 3.8) is 0 Å². The van der Waals surface area contributed by atoms with E-state index >= 15 is 0 Å². The minimum atomic E-state index is -0.0496. The minimum Gasteiger partial charge on any atom is -0.494 e. The number of fused-ring (bicyclic) bond motifs is 1. The first-order chi connectivity index (χ1) is 15.7. The van der Waals surface area contributed by atoms with Crippen LogP contribution in [0, 0.1) is 35.4 Å². The predicted octanol–water partition coefficient (Wildman–Crippen LogP) is 9.30. The molecule has 0 bridgehead atoms. The van der Waals surface area contributed by atoms with Gasteiger partial charge >= 0.3 is 0 Å². The number of ether oxygens (including phenoxy) is 1. The summed E-state index contributed by atoms with van der Waals surface area (Å²) in [5, 5.41) is 0. The van der Waals surface area contributed by atoms with E-state index < -0.39 is 0 Å². The Kier molecular flexibility index (Phi) is 8.95. The molecule has 0 radical (unpaired) electrons. The van der Waals surface area contributed by atoms with Crippen molar-refractivity contribution in [2.45, 2.75) is 116 Å². The highest BCUT2D eigenvalue weighted by atomic mass is 19.1. The number of hydrogen-bond donors (Lipinski definition) is 0. The van der Waals surface area contributed by atoms with Crippen molar-refractivity contribution in [3.05, 3.63) is 29.6 Å². The Labute approximate surface area is 196 Å². The maximum atomic E-state index is 14.8. The molecule has 1 aromatic carbocycles. The molecule has 0 N–H and O–H groups in total. The zero-order chi connectivity index (χ0) is 22.3. The van der Waals surface area contributed by atoms with Gasteiger partial charge in [0.05, 0.1) is 6.61 Å². The molecule has 3 fully saturated rings. The highest BCUT2D eigenvalue weighted by Gasteiger charge is 2.39. The van der Waals surface area contributed by atoms with Gasteiger partial charge < -0.3 is 4.74 Å². The summed E-state index contributed by atoms with van der Waals surface area (Å²) < 4.78 is 20.5. The van der Waals surface area contributed by atoms with Crippen molar-refractivity contribution in [2.75, 3.05) is 6.61 Å². The Morgan fingerprint density at radius 3 is 2.19 bits per heavy atom. The van der Waals surface area contributed by atoms with Gasteiger partial charge in [0.15, 0.2) is 0 Å². The molecule has 4 unspecified atom stereocenters. The van der Waals surface area contributed by atoms with Crippen LogP contribution >= 0.6 is 0 Å². The number of unbranched alkanes of at least 4 members (excludes halogenated alkanes) is 2. The number of halogens is 1. The van der Waals surface area contributed by atoms with Crippen LogP contribution in [0.15, 0.2) is 18.2 Å². The standard InChI is InChI=1S/C30H47FO/c1-3-5-6-7-22-8-10-23(11-9-22)24-12-13-26-20-27(15-14-25(26)19-24)29-17-16-28(21-30(29)31)32-18-4-2/h16-17,21-27H,3-15,18-20H2,1-2H3. The topological polar surface area (TPSA) is 9.23 Å². The predicted molar refractivity (Wildman–Crippen MR) is 133 cm³/mol. The zero-order valence-electron chi connectivity index (χ0n) is 20.8. The van der Waals surface area contributed by atoms with Crippen LogP contribution in [0.4, 0.5) is 4.39 Å². The molecular formula is C30H47FO. The zero-order valence-corrected chi connectivity index (χ0v) is 20.8. The molecule has 0 aromatic heterocycles. The monoisotopic (exact) mass is 442 g/mol. The lowest BCUT2D eigenvalue weighted by Crippen LogP contribution is -2.34. The smallest absolute Gasteiger partial charge is 0.130 e. The van der Waals surface area contributed by atoms with Crippen LogP contribution in [0.3, 0.4) is 0 Å². The van der Waals surface area contributed by atoms with Crippen molar-refractivity contribution < 1.29 is 9.13 Å². The van der Waals surface area contributed by atoms with Gasteiger partial charge in [0.1, 0.15) is 11.6 Å². The molecule has 3 aliphatic carbocycles. The third kappa shape index (κ3) is 6.09. The molecule has 180 valence electrons. The van der Waals surface area contributed by atoms with E-state index in [2.05, 4.69) is 13.8 Å². The Morgan fingerprint density at radius 2 is 1.47 bits per heavy atom. The van der Waals surface area contributed by atoms with E-state index in [0.717, 1.165) is 41.6 Å². The van der Waals surface area contributed by atoms with E-state index in [1.54, 1.807) is 6.07 Å². The Morgan fingerprint density at radius 1 is 0.781 bits per heavy atom. The van der Waals surface area contributed by atoms with Gasteiger partial charge in [-0.05, 0) is 105 Å². The summed E-state index contributed by atoms with van der Waals surface area (Å²) in [5.74, 6) is 5.78. The second kappa shape index (κ2) is 11.9. The van der Waals surface area contributed by atoms with Crippen molar-refractivity contribution in [1.29, 1.82) is 0 Å². The van der Waals surface area contributed by atoms with Crippen LogP contribution in [0.25, 0.3) is 0 Å². The molecule has 0 spiro atoms. The van der Waals surface area contributed by atoms with Gasteiger partial charge in [-0.2, -0.15) is 0 Å². The maximum absolute atomic E-state index is 14.8. The van der Waals surface area contributed by atoms with Gasteiger partial charge in [-0.15, -0.1) is 0 Å². The van der Waals surface area contributed by atoms with Crippen molar-refractivity contribution in [2.24, 2.45) is 29.6 Å². The third-order valence-corrected chi connectivity index (χ3v) is 9.31. The largest absolute Gasteiger partial charge is 0.494 e. The van der Waals surface area contributed by atoms with Crippen molar-refractivity contribution >= 4 is 0 Å². The fraction of sp³-hybridized carbons (Fsp3) is 0.800. The molecule has 0 amide bonds. The summed E-state index contributed by atoms with van der Waals surface area (Å²) in [4.78, 5) is 0. The second-order valence-corrected chi connectivity index (χ2v) is 11.4. The first-order valence-corrected chi connectivity index (χ1v) is 14.1. The molecule has 0 saturated heterocycles. The molecule has 4 atom stereocenters. The fourth-order valence-electron chi connectivity index (χ4n) is 7.42. The number of hydrogen-bond acceptors (Lipinski definition) is 1. The van der Waals surface area contributed by atoms with Crippen molar-refractivity contribution in [3.8, 4) is 5.75 Å². The Balaban J connectivity index is 1.25. The van der Waals surface area contributed by atoms with Crippen LogP contribution in [0.2, 0.25) is 0 Å². The molecule has 0 aliphatic heterocycles. The van der Waals surface area contributed by atoms with Crippen LogP contribution in [-0.4, -0.2) is 6.61 Å². The summed E-state index contributed by atoms with van der Waals surface area (Å²) in [5.41, 5.74) is 0.941. The fourth-order valence-corrected chi connectivity index (χ4v) is 7.42. The normalized spacial score (nSPS) is 33.0. The number of benzene rings is 1. The average Bonchev–Trinajstić information content (AvgIpc) is 2.83. The first-order valence-electron chi connectivity index (χ1n) is 14.1. The van der Waals surface area contributed by atoms with Gasteiger partial charge in [-0.1, -0.05) is 58.4 Å². The lowest BCUT2D eigenvalue weighted by atomic mass is 9.60. The minimum absolute atomic E-state index is 0.0496. The summed E-state index contributed by atoms with van der Waals surface area (Å²) >= 11 is 0. The molecule has 3 aliphatic rings. The molecule has 1 nitrogen and oxygen atoms in total. The van der Waals surface area contributed by atoms with E-state index in [0.29, 0.717) is 18.3 Å². The Hall–Kier alpha value is -1.05. The maximum Gasteiger partial charge on any atom is 0.130 e. The lowest BCUT2D eigenvalue weighted by molar-refractivity contribution is 0.0706. The summed E-state index contributed by atoms with van der Waals surface area (Å²) in [6.45, 7) is 5.06. The van der Waals surface area contributed by atoms with Gasteiger partial charge in [-0.3, -0.25) is 0 Å². The average molecular weight is 443 g/mol. The molecule has 0 heterocycles. The highest BCUT2D eigenvalue weighted by Crippen LogP contribution is 2.51. The SMILES string of the molecule is CCCCCC1CCC(C2CCC3CC(c4ccc(OCCC)cc4F)CCC3C2)CC1. The molecule has 1 aromatic rings. The van der Waals surface area contributed by atoms with Gasteiger partial charge in [0.2, 0.25) is 0 Å². The summed E-state index contributed by atoms with van der Waals surface area (Å²) in [6, 6.07) is 5.61. The van der Waals surface area contributed by atoms with Gasteiger partial charge in [0, 0.05) is 6.07 Å². The van der Waals surface area contributed by atoms with E-state index in [4.69, 9.17) is 4.74 Å². The Bertz CT molecular complexity index is 692. The molecular weight excluding hydrogens is 395 g/mol. The van der Waals surface area contributed by atoms with E-state index in [1.807, 2.05) is 12.1 Å². The molecule has 2 heteroatoms. The summed E-state index contributed by atoms with van der Waals surface area (Å²) in [6.07, 6.45) is 20.6. The first kappa shape index (κ1) is 24.1. The highest BCUT2D eigenvalue weighted by molar-refractivity contribution is 5.31. The van der Waals surface area contributed by atoms with E-state index in [-0.39, 0.29) is 5.82 Å². The molecule has 4 rings (SSSR count). The quantitative estimate of drug-likeness (QED) is 0.346. The van der Waals surface area contributed by atoms with Crippen LogP contribution < -0.4 is 4.74 Å². The van der Waals surface area contributed by atoms with Crippen molar-refractivity contribution in [1.82, 2.24) is 0 Å². The third-order valence-electron chi connectivity index (χ3n) is 9.31. The van der Waals surface area contributed by atoms with Crippen LogP contribution in [0.1, 0.15) is 122 Å². The lowest BCUT2D eigenvalue weighted by Gasteiger charge is -2.45. The summed E-state index contributed by atoms with van der Waals surface area (Å²) in [7, 11) is 0. The van der Waals surface area contributed by atoms with Crippen LogP contribution in [-0.2, 0) is 0 Å². The van der Waals surface area contributed by atoms with E-state index in [1.165, 1.54) is 89.9 Å². The van der Waals surface area contributed by atoms with Crippen LogP contribution in [0.5, 0.6) is 5.75 Å². The van der Waals surface area contributed by atoms with Gasteiger partial charge in [0.25, 0.3) is 0 Å². The molecule has 32 heavy (non-hydrogen) atoms.